The van der Waals surface area contributed by atoms with E-state index in [2.05, 4.69) is 5.32 Å². The van der Waals surface area contributed by atoms with E-state index < -0.39 is 17.1 Å². The Bertz CT molecular complexity index is 408. The maximum absolute atomic E-state index is 12.4. The number of aliphatic hydroxyl groups is 1. The first-order valence-electron chi connectivity index (χ1n) is 6.24. The van der Waals surface area contributed by atoms with E-state index >= 15 is 0 Å². The van der Waals surface area contributed by atoms with Crippen LogP contribution in [0.2, 0.25) is 0 Å². The topological polar surface area (TPSA) is 49.3 Å². The predicted molar refractivity (Wildman–Crippen MR) is 73.4 cm³/mol. The largest absolute Gasteiger partial charge is 0.391 e. The molecule has 3 nitrogen and oxygen atoms in total. The first kappa shape index (κ1) is 14.7. The van der Waals surface area contributed by atoms with Gasteiger partial charge in [0.2, 0.25) is 5.91 Å². The molecule has 0 fully saturated rings. The van der Waals surface area contributed by atoms with E-state index in [-0.39, 0.29) is 5.91 Å². The number of nitrogens with one attached hydrogen (secondary N) is 1. The molecule has 0 heterocycles. The Balaban J connectivity index is 2.91. The van der Waals surface area contributed by atoms with Gasteiger partial charge in [-0.25, -0.2) is 0 Å². The normalized spacial score (nSPS) is 14.1. The lowest BCUT2D eigenvalue weighted by atomic mass is 9.82. The van der Waals surface area contributed by atoms with Crippen molar-refractivity contribution < 1.29 is 9.90 Å². The summed E-state index contributed by atoms with van der Waals surface area (Å²) in [7, 11) is 0. The van der Waals surface area contributed by atoms with E-state index in [9.17, 15) is 9.90 Å². The molecule has 0 aliphatic carbocycles. The lowest BCUT2D eigenvalue weighted by molar-refractivity contribution is -0.128. The average molecular weight is 249 g/mol. The van der Waals surface area contributed by atoms with Crippen molar-refractivity contribution in [3.63, 3.8) is 0 Å². The minimum atomic E-state index is -0.636. The highest BCUT2D eigenvalue weighted by molar-refractivity contribution is 5.87. The third-order valence-corrected chi connectivity index (χ3v) is 3.54. The lowest BCUT2D eigenvalue weighted by Crippen LogP contribution is -2.55. The molecule has 18 heavy (non-hydrogen) atoms. The van der Waals surface area contributed by atoms with Crippen LogP contribution in [0.15, 0.2) is 30.3 Å². The number of aliphatic hydroxyl groups excluding tert-OH is 1. The van der Waals surface area contributed by atoms with Crippen molar-refractivity contribution in [3.05, 3.63) is 35.9 Å². The van der Waals surface area contributed by atoms with Gasteiger partial charge in [0.1, 0.15) is 0 Å². The Labute approximate surface area is 109 Å². The van der Waals surface area contributed by atoms with E-state index in [0.29, 0.717) is 0 Å². The predicted octanol–water partition coefficient (Wildman–Crippen LogP) is 2.24. The quantitative estimate of drug-likeness (QED) is 0.859. The van der Waals surface area contributed by atoms with Crippen molar-refractivity contribution >= 4 is 5.91 Å². The molecule has 0 saturated carbocycles. The molecule has 1 amide bonds. The third-order valence-electron chi connectivity index (χ3n) is 3.54. The van der Waals surface area contributed by atoms with E-state index in [0.717, 1.165) is 5.56 Å². The summed E-state index contributed by atoms with van der Waals surface area (Å²) in [6, 6.07) is 9.65. The lowest BCUT2D eigenvalue weighted by Gasteiger charge is -2.34. The molecule has 0 aliphatic rings. The monoisotopic (exact) mass is 249 g/mol. The highest BCUT2D eigenvalue weighted by Crippen LogP contribution is 2.24. The molecular weight excluding hydrogens is 226 g/mol. The molecule has 0 spiro atoms. The molecule has 0 radical (unpaired) electrons. The Morgan fingerprint density at radius 1 is 1.17 bits per heavy atom. The van der Waals surface area contributed by atoms with Crippen LogP contribution >= 0.6 is 0 Å². The summed E-state index contributed by atoms with van der Waals surface area (Å²) >= 11 is 0. The van der Waals surface area contributed by atoms with Gasteiger partial charge in [-0.15, -0.1) is 0 Å². The highest BCUT2D eigenvalue weighted by Gasteiger charge is 2.35. The first-order chi connectivity index (χ1) is 8.18. The summed E-state index contributed by atoms with van der Waals surface area (Å²) in [5.74, 6) is -0.0837. The van der Waals surface area contributed by atoms with E-state index in [1.54, 1.807) is 6.92 Å². The third kappa shape index (κ3) is 3.10. The fraction of sp³-hybridized carbons (Fsp3) is 0.533. The van der Waals surface area contributed by atoms with Gasteiger partial charge in [0, 0.05) is 0 Å². The molecule has 0 saturated heterocycles. The standard InChI is InChI=1S/C15H23NO2/c1-11(17)15(4,5)16-13(18)14(2,3)12-9-7-6-8-10-12/h6-11,17H,1-5H3,(H,16,18). The Morgan fingerprint density at radius 2 is 1.67 bits per heavy atom. The first-order valence-corrected chi connectivity index (χ1v) is 6.24. The summed E-state index contributed by atoms with van der Waals surface area (Å²) in [6.07, 6.45) is -0.604. The second-order valence-corrected chi connectivity index (χ2v) is 5.84. The van der Waals surface area contributed by atoms with Crippen molar-refractivity contribution in [1.29, 1.82) is 0 Å². The van der Waals surface area contributed by atoms with E-state index in [1.807, 2.05) is 58.0 Å². The van der Waals surface area contributed by atoms with Gasteiger partial charge in [0.25, 0.3) is 0 Å². The Morgan fingerprint density at radius 3 is 2.11 bits per heavy atom. The van der Waals surface area contributed by atoms with Crippen LogP contribution in [0.25, 0.3) is 0 Å². The van der Waals surface area contributed by atoms with E-state index in [1.165, 1.54) is 0 Å². The molecule has 3 heteroatoms. The van der Waals surface area contributed by atoms with Crippen LogP contribution in [0, 0.1) is 0 Å². The SMILES string of the molecule is CC(O)C(C)(C)NC(=O)C(C)(C)c1ccccc1. The molecule has 0 aromatic heterocycles. The number of hydrogen-bond acceptors (Lipinski definition) is 2. The van der Waals surface area contributed by atoms with Crippen LogP contribution in [0.5, 0.6) is 0 Å². The van der Waals surface area contributed by atoms with Gasteiger partial charge in [-0.1, -0.05) is 30.3 Å². The van der Waals surface area contributed by atoms with Crippen molar-refractivity contribution in [1.82, 2.24) is 5.32 Å². The van der Waals surface area contributed by atoms with Gasteiger partial charge in [0.15, 0.2) is 0 Å². The van der Waals surface area contributed by atoms with Gasteiger partial charge < -0.3 is 10.4 Å². The zero-order valence-electron chi connectivity index (χ0n) is 11.8. The van der Waals surface area contributed by atoms with E-state index in [4.69, 9.17) is 0 Å². The maximum atomic E-state index is 12.4. The van der Waals surface area contributed by atoms with Gasteiger partial charge in [0.05, 0.1) is 17.1 Å². The minimum absolute atomic E-state index is 0.0837. The van der Waals surface area contributed by atoms with Crippen molar-refractivity contribution in [2.45, 2.75) is 51.7 Å². The number of carbonyl (C=O) groups is 1. The Kier molecular flexibility index (Phi) is 4.17. The minimum Gasteiger partial charge on any atom is -0.391 e. The smallest absolute Gasteiger partial charge is 0.230 e. The molecule has 1 rings (SSSR count). The number of hydrogen-bond donors (Lipinski definition) is 2. The zero-order valence-corrected chi connectivity index (χ0v) is 11.8. The second kappa shape index (κ2) is 5.11. The maximum Gasteiger partial charge on any atom is 0.230 e. The zero-order chi connectivity index (χ0) is 14.0. The summed E-state index contributed by atoms with van der Waals surface area (Å²) in [5.41, 5.74) is -0.291. The summed E-state index contributed by atoms with van der Waals surface area (Å²) in [6.45, 7) is 9.08. The molecule has 0 aliphatic heterocycles. The number of benzene rings is 1. The fourth-order valence-electron chi connectivity index (χ4n) is 1.54. The van der Waals surface area contributed by atoms with Gasteiger partial charge in [-0.3, -0.25) is 4.79 Å². The Hall–Kier alpha value is -1.35. The van der Waals surface area contributed by atoms with Gasteiger partial charge >= 0.3 is 0 Å². The molecule has 1 aromatic rings. The summed E-state index contributed by atoms with van der Waals surface area (Å²) in [5, 5.41) is 12.6. The number of rotatable bonds is 4. The van der Waals surface area contributed by atoms with Crippen LogP contribution in [-0.2, 0) is 10.2 Å². The van der Waals surface area contributed by atoms with Crippen LogP contribution in [-0.4, -0.2) is 22.7 Å². The molecular formula is C15H23NO2. The number of amides is 1. The highest BCUT2D eigenvalue weighted by atomic mass is 16.3. The van der Waals surface area contributed by atoms with Crippen LogP contribution in [0.4, 0.5) is 0 Å². The fourth-order valence-corrected chi connectivity index (χ4v) is 1.54. The average Bonchev–Trinajstić information content (AvgIpc) is 2.29. The molecule has 1 aromatic carbocycles. The van der Waals surface area contributed by atoms with Crippen LogP contribution < -0.4 is 5.32 Å². The molecule has 1 atom stereocenters. The number of carbonyl (C=O) groups excluding carboxylic acids is 1. The molecule has 2 N–H and O–H groups in total. The van der Waals surface area contributed by atoms with Crippen molar-refractivity contribution in [2.75, 3.05) is 0 Å². The second-order valence-electron chi connectivity index (χ2n) is 5.84. The van der Waals surface area contributed by atoms with Crippen molar-refractivity contribution in [2.24, 2.45) is 0 Å². The van der Waals surface area contributed by atoms with Gasteiger partial charge in [-0.2, -0.15) is 0 Å². The molecule has 100 valence electrons. The summed E-state index contributed by atoms with van der Waals surface area (Å²) < 4.78 is 0. The van der Waals surface area contributed by atoms with Gasteiger partial charge in [-0.05, 0) is 40.2 Å². The molecule has 1 unspecified atom stereocenters. The van der Waals surface area contributed by atoms with Crippen LogP contribution in [0.1, 0.15) is 40.2 Å². The van der Waals surface area contributed by atoms with Crippen molar-refractivity contribution in [3.8, 4) is 0 Å². The molecule has 0 bridgehead atoms. The summed E-state index contributed by atoms with van der Waals surface area (Å²) in [4.78, 5) is 12.4. The van der Waals surface area contributed by atoms with Crippen LogP contribution in [0.3, 0.4) is 0 Å².